The van der Waals surface area contributed by atoms with Crippen LogP contribution in [0.1, 0.15) is 70.8 Å². The quantitative estimate of drug-likeness (QED) is 0.566. The maximum atomic E-state index is 14.3. The van der Waals surface area contributed by atoms with Crippen LogP contribution in [0.5, 0.6) is 0 Å². The Morgan fingerprint density at radius 2 is 1.82 bits per heavy atom. The Hall–Kier alpha value is -2.67. The zero-order valence-corrected chi connectivity index (χ0v) is 22.8. The first-order chi connectivity index (χ1) is 18.3. The van der Waals surface area contributed by atoms with Crippen LogP contribution < -0.4 is 10.6 Å². The van der Waals surface area contributed by atoms with Crippen molar-refractivity contribution in [2.45, 2.75) is 102 Å². The number of rotatable bonds is 5. The van der Waals surface area contributed by atoms with Gasteiger partial charge in [0.2, 0.25) is 17.7 Å². The summed E-state index contributed by atoms with van der Waals surface area (Å²) in [5.41, 5.74) is 0.661. The minimum absolute atomic E-state index is 0.00575. The average Bonchev–Trinajstić information content (AvgIpc) is 3.54. The molecule has 3 aliphatic heterocycles. The Morgan fingerprint density at radius 3 is 2.58 bits per heavy atom. The summed E-state index contributed by atoms with van der Waals surface area (Å²) in [7, 11) is 0. The van der Waals surface area contributed by atoms with E-state index in [9.17, 15) is 14.4 Å². The van der Waals surface area contributed by atoms with Crippen molar-refractivity contribution in [3.8, 4) is 0 Å². The molecule has 4 fully saturated rings. The fourth-order valence-corrected chi connectivity index (χ4v) is 7.95. The van der Waals surface area contributed by atoms with Gasteiger partial charge in [0.25, 0.3) is 0 Å². The van der Waals surface area contributed by atoms with Crippen molar-refractivity contribution in [3.05, 3.63) is 42.0 Å². The van der Waals surface area contributed by atoms with Gasteiger partial charge < -0.3 is 20.3 Å². The van der Waals surface area contributed by atoms with Crippen LogP contribution in [0.15, 0.2) is 36.4 Å². The number of amides is 3. The van der Waals surface area contributed by atoms with Crippen LogP contribution in [0.2, 0.25) is 0 Å². The molecule has 7 nitrogen and oxygen atoms in total. The van der Waals surface area contributed by atoms with Crippen molar-refractivity contribution >= 4 is 23.4 Å². The number of benzene rings is 1. The van der Waals surface area contributed by atoms with Crippen LogP contribution in [-0.2, 0) is 19.1 Å². The zero-order valence-electron chi connectivity index (χ0n) is 22.8. The highest BCUT2D eigenvalue weighted by Crippen LogP contribution is 2.56. The molecule has 2 bridgehead atoms. The van der Waals surface area contributed by atoms with Gasteiger partial charge in [-0.2, -0.15) is 0 Å². The minimum Gasteiger partial charge on any atom is -0.359 e. The Bertz CT molecular complexity index is 1140. The highest BCUT2D eigenvalue weighted by atomic mass is 16.5. The minimum atomic E-state index is -1.10. The standard InChI is InChI=1S/C31H41N3O4/c1-18-9-7-11-21(17-18)32-28(35)25-24-15-16-31(38-24)26(25)30(37)34(22-12-5-4-6-13-22)27(31)29(36)33-23-14-8-10-19(2)20(23)3/h7,9,11,15-17,19-20,22-27H,4-6,8,10,12-14H2,1-3H3,(H,32,35)(H,33,36)/t19?,20?,23?,24-,25?,26-,27?,31?/m1/s1. The van der Waals surface area contributed by atoms with Gasteiger partial charge in [-0.25, -0.2) is 0 Å². The molecule has 2 saturated carbocycles. The van der Waals surface area contributed by atoms with E-state index in [2.05, 4.69) is 24.5 Å². The first-order valence-corrected chi connectivity index (χ1v) is 14.7. The third kappa shape index (κ3) is 4.09. The average molecular weight is 520 g/mol. The summed E-state index contributed by atoms with van der Waals surface area (Å²) in [6.45, 7) is 6.46. The van der Waals surface area contributed by atoms with Crippen molar-refractivity contribution in [2.24, 2.45) is 23.7 Å². The first kappa shape index (κ1) is 25.6. The molecule has 1 spiro atoms. The maximum absolute atomic E-state index is 14.3. The molecule has 8 atom stereocenters. The van der Waals surface area contributed by atoms with E-state index in [4.69, 9.17) is 4.74 Å². The molecule has 6 rings (SSSR count). The van der Waals surface area contributed by atoms with Gasteiger partial charge in [0.1, 0.15) is 11.6 Å². The summed E-state index contributed by atoms with van der Waals surface area (Å²) in [6.07, 6.45) is 11.6. The Balaban J connectivity index is 1.32. The summed E-state index contributed by atoms with van der Waals surface area (Å²) in [5.74, 6) is -0.864. The summed E-state index contributed by atoms with van der Waals surface area (Å²) in [4.78, 5) is 43.9. The molecule has 2 N–H and O–H groups in total. The second-order valence-corrected chi connectivity index (χ2v) is 12.5. The lowest BCUT2D eigenvalue weighted by Gasteiger charge is -2.40. The van der Waals surface area contributed by atoms with Crippen LogP contribution in [0.4, 0.5) is 5.69 Å². The predicted octanol–water partition coefficient (Wildman–Crippen LogP) is 4.36. The topological polar surface area (TPSA) is 87.7 Å². The molecular formula is C31H41N3O4. The highest BCUT2D eigenvalue weighted by molar-refractivity contribution is 6.03. The van der Waals surface area contributed by atoms with Crippen LogP contribution in [0.25, 0.3) is 0 Å². The number of hydrogen-bond acceptors (Lipinski definition) is 4. The molecule has 2 aliphatic carbocycles. The second kappa shape index (κ2) is 9.82. The van der Waals surface area contributed by atoms with E-state index >= 15 is 0 Å². The third-order valence-electron chi connectivity index (χ3n) is 10.2. The molecule has 2 saturated heterocycles. The SMILES string of the molecule is Cc1cccc(NC(=O)C2[C@H]3C=CC4(O3)C(C(=O)NC3CCCC(C)C3C)N(C3CCCCC3)C(=O)[C@@H]24)c1. The molecule has 1 aromatic carbocycles. The van der Waals surface area contributed by atoms with E-state index in [1.165, 1.54) is 6.42 Å². The number of anilines is 1. The number of carbonyl (C=O) groups is 3. The smallest absolute Gasteiger partial charge is 0.246 e. The summed E-state index contributed by atoms with van der Waals surface area (Å²) in [6, 6.07) is 7.02. The lowest BCUT2D eigenvalue weighted by atomic mass is 9.73. The van der Waals surface area contributed by atoms with E-state index in [1.807, 2.05) is 48.2 Å². The van der Waals surface area contributed by atoms with E-state index in [-0.39, 0.29) is 29.8 Å². The highest BCUT2D eigenvalue weighted by Gasteiger charge is 2.73. The van der Waals surface area contributed by atoms with Gasteiger partial charge in [-0.1, -0.05) is 70.2 Å². The molecule has 0 radical (unpaired) electrons. The monoisotopic (exact) mass is 519 g/mol. The number of likely N-dealkylation sites (tertiary alicyclic amines) is 1. The van der Waals surface area contributed by atoms with Crippen LogP contribution >= 0.6 is 0 Å². The summed E-state index contributed by atoms with van der Waals surface area (Å²) in [5, 5.41) is 6.39. The molecule has 3 amide bonds. The molecule has 7 heteroatoms. The van der Waals surface area contributed by atoms with Gasteiger partial charge in [-0.05, 0) is 55.7 Å². The van der Waals surface area contributed by atoms with E-state index in [0.717, 1.165) is 50.5 Å². The van der Waals surface area contributed by atoms with Crippen molar-refractivity contribution < 1.29 is 19.1 Å². The fraction of sp³-hybridized carbons (Fsp3) is 0.645. The lowest BCUT2D eigenvalue weighted by Crippen LogP contribution is -2.59. The Labute approximate surface area is 225 Å². The van der Waals surface area contributed by atoms with E-state index in [1.54, 1.807) is 0 Å². The lowest BCUT2D eigenvalue weighted by molar-refractivity contribution is -0.145. The van der Waals surface area contributed by atoms with Crippen LogP contribution in [0, 0.1) is 30.6 Å². The normalized spacial score (nSPS) is 38.3. The van der Waals surface area contributed by atoms with Gasteiger partial charge in [0.15, 0.2) is 0 Å². The summed E-state index contributed by atoms with van der Waals surface area (Å²) >= 11 is 0. The number of fused-ring (bicyclic) bond motifs is 1. The summed E-state index contributed by atoms with van der Waals surface area (Å²) < 4.78 is 6.55. The van der Waals surface area contributed by atoms with Gasteiger partial charge in [0, 0.05) is 17.8 Å². The number of hydrogen-bond donors (Lipinski definition) is 2. The van der Waals surface area contributed by atoms with Gasteiger partial charge in [0.05, 0.1) is 17.9 Å². The van der Waals surface area contributed by atoms with Crippen molar-refractivity contribution in [2.75, 3.05) is 5.32 Å². The van der Waals surface area contributed by atoms with E-state index in [0.29, 0.717) is 17.5 Å². The molecule has 3 heterocycles. The van der Waals surface area contributed by atoms with Gasteiger partial charge >= 0.3 is 0 Å². The van der Waals surface area contributed by atoms with Crippen molar-refractivity contribution in [1.29, 1.82) is 0 Å². The number of nitrogens with one attached hydrogen (secondary N) is 2. The molecule has 1 aromatic rings. The molecule has 38 heavy (non-hydrogen) atoms. The largest absolute Gasteiger partial charge is 0.359 e. The fourth-order valence-electron chi connectivity index (χ4n) is 7.95. The predicted molar refractivity (Wildman–Crippen MR) is 145 cm³/mol. The zero-order chi connectivity index (χ0) is 26.6. The van der Waals surface area contributed by atoms with Crippen molar-refractivity contribution in [3.63, 3.8) is 0 Å². The number of ether oxygens (including phenoxy) is 1. The van der Waals surface area contributed by atoms with Crippen molar-refractivity contribution in [1.82, 2.24) is 10.2 Å². The number of aryl methyl sites for hydroxylation is 1. The molecule has 0 aromatic heterocycles. The number of nitrogens with zero attached hydrogens (tertiary/aromatic N) is 1. The second-order valence-electron chi connectivity index (χ2n) is 12.5. The Morgan fingerprint density at radius 1 is 1.03 bits per heavy atom. The van der Waals surface area contributed by atoms with E-state index < -0.39 is 29.6 Å². The van der Waals surface area contributed by atoms with Gasteiger partial charge in [-0.3, -0.25) is 14.4 Å². The maximum Gasteiger partial charge on any atom is 0.246 e. The molecule has 5 aliphatic rings. The van der Waals surface area contributed by atoms with Gasteiger partial charge in [-0.15, -0.1) is 0 Å². The van der Waals surface area contributed by atoms with Crippen LogP contribution in [0.3, 0.4) is 0 Å². The number of carbonyl (C=O) groups excluding carboxylic acids is 3. The third-order valence-corrected chi connectivity index (χ3v) is 10.2. The van der Waals surface area contributed by atoms with Crippen LogP contribution in [-0.4, -0.2) is 52.5 Å². The first-order valence-electron chi connectivity index (χ1n) is 14.7. The molecular weight excluding hydrogens is 478 g/mol. The molecule has 204 valence electrons. The Kier molecular flexibility index (Phi) is 6.61. The molecule has 6 unspecified atom stereocenters.